The molecule has 1 atom stereocenters. The molecule has 17 heavy (non-hydrogen) atoms. The number of ether oxygens (including phenoxy) is 1. The van der Waals surface area contributed by atoms with E-state index in [0.29, 0.717) is 6.04 Å². The Kier molecular flexibility index (Phi) is 3.54. The summed E-state index contributed by atoms with van der Waals surface area (Å²) in [6.45, 7) is 6.98. The van der Waals surface area contributed by atoms with Crippen LogP contribution >= 0.6 is 11.6 Å². The van der Waals surface area contributed by atoms with Gasteiger partial charge in [-0.3, -0.25) is 0 Å². The maximum absolute atomic E-state index is 5.80. The summed E-state index contributed by atoms with van der Waals surface area (Å²) in [4.78, 5) is 8.17. The van der Waals surface area contributed by atoms with Gasteiger partial charge < -0.3 is 10.1 Å². The van der Waals surface area contributed by atoms with Crippen LogP contribution < -0.4 is 5.32 Å². The van der Waals surface area contributed by atoms with Gasteiger partial charge in [0.25, 0.3) is 0 Å². The first-order chi connectivity index (χ1) is 7.96. The van der Waals surface area contributed by atoms with Gasteiger partial charge in [0.1, 0.15) is 5.82 Å². The normalized spacial score (nSPS) is 23.4. The third kappa shape index (κ3) is 3.30. The molecule has 0 saturated carbocycles. The van der Waals surface area contributed by atoms with Crippen molar-refractivity contribution in [3.05, 3.63) is 17.0 Å². The van der Waals surface area contributed by atoms with Crippen LogP contribution in [0.4, 0.5) is 5.82 Å². The molecule has 0 bridgehead atoms. The Bertz CT molecular complexity index is 409. The number of halogens is 1. The minimum absolute atomic E-state index is 0.0688. The molecule has 1 aliphatic heterocycles. The molecule has 2 rings (SSSR count). The summed E-state index contributed by atoms with van der Waals surface area (Å²) < 4.78 is 5.69. The highest BCUT2D eigenvalue weighted by Crippen LogP contribution is 2.26. The first kappa shape index (κ1) is 12.6. The Morgan fingerprint density at radius 3 is 3.00 bits per heavy atom. The van der Waals surface area contributed by atoms with Crippen LogP contribution in [0.15, 0.2) is 6.20 Å². The van der Waals surface area contributed by atoms with E-state index in [1.165, 1.54) is 0 Å². The highest BCUT2D eigenvalue weighted by atomic mass is 35.5. The molecule has 0 spiro atoms. The lowest BCUT2D eigenvalue weighted by atomic mass is 9.94. The van der Waals surface area contributed by atoms with Crippen molar-refractivity contribution in [3.8, 4) is 0 Å². The smallest absolute Gasteiger partial charge is 0.224 e. The number of hydrogen-bond donors (Lipinski definition) is 1. The summed E-state index contributed by atoms with van der Waals surface area (Å²) in [6.07, 6.45) is 3.70. The van der Waals surface area contributed by atoms with E-state index in [2.05, 4.69) is 29.1 Å². The molecule has 1 aromatic heterocycles. The molecule has 94 valence electrons. The number of hydrogen-bond acceptors (Lipinski definition) is 4. The highest BCUT2D eigenvalue weighted by Gasteiger charge is 2.29. The van der Waals surface area contributed by atoms with E-state index >= 15 is 0 Å². The van der Waals surface area contributed by atoms with Crippen LogP contribution in [0.25, 0.3) is 0 Å². The van der Waals surface area contributed by atoms with Gasteiger partial charge in [-0.25, -0.2) is 9.97 Å². The molecular formula is C12H18ClN3O. The number of aromatic nitrogens is 2. The van der Waals surface area contributed by atoms with Gasteiger partial charge >= 0.3 is 0 Å². The van der Waals surface area contributed by atoms with Gasteiger partial charge in [0.15, 0.2) is 0 Å². The largest absolute Gasteiger partial charge is 0.375 e. The van der Waals surface area contributed by atoms with Crippen molar-refractivity contribution >= 4 is 17.4 Å². The second-order valence-corrected chi connectivity index (χ2v) is 5.45. The molecule has 0 aliphatic carbocycles. The summed E-state index contributed by atoms with van der Waals surface area (Å²) in [6, 6.07) is 0.378. The molecule has 1 aliphatic rings. The Balaban J connectivity index is 2.07. The van der Waals surface area contributed by atoms with E-state index in [1.54, 1.807) is 6.20 Å². The van der Waals surface area contributed by atoms with Gasteiger partial charge in [-0.2, -0.15) is 0 Å². The van der Waals surface area contributed by atoms with Crippen molar-refractivity contribution < 1.29 is 4.74 Å². The van der Waals surface area contributed by atoms with E-state index in [1.807, 2.05) is 6.92 Å². The summed E-state index contributed by atoms with van der Waals surface area (Å²) in [5.41, 5.74) is 0.944. The third-order valence-corrected chi connectivity index (χ3v) is 3.16. The quantitative estimate of drug-likeness (QED) is 0.826. The lowest BCUT2D eigenvalue weighted by Gasteiger charge is -2.36. The van der Waals surface area contributed by atoms with Gasteiger partial charge in [-0.05, 0) is 45.2 Å². The second-order valence-electron chi connectivity index (χ2n) is 5.11. The van der Waals surface area contributed by atoms with Crippen LogP contribution in [0.2, 0.25) is 5.28 Å². The van der Waals surface area contributed by atoms with E-state index in [4.69, 9.17) is 16.3 Å². The van der Waals surface area contributed by atoms with Gasteiger partial charge in [-0.15, -0.1) is 0 Å². The van der Waals surface area contributed by atoms with E-state index in [9.17, 15) is 0 Å². The van der Waals surface area contributed by atoms with E-state index in [-0.39, 0.29) is 10.9 Å². The summed E-state index contributed by atoms with van der Waals surface area (Å²) in [5.74, 6) is 0.827. The zero-order valence-electron chi connectivity index (χ0n) is 10.5. The molecule has 1 N–H and O–H groups in total. The van der Waals surface area contributed by atoms with Crippen molar-refractivity contribution in [3.63, 3.8) is 0 Å². The zero-order valence-corrected chi connectivity index (χ0v) is 11.2. The van der Waals surface area contributed by atoms with Crippen molar-refractivity contribution in [1.29, 1.82) is 0 Å². The minimum atomic E-state index is -0.0688. The van der Waals surface area contributed by atoms with Gasteiger partial charge in [0, 0.05) is 24.4 Å². The lowest BCUT2D eigenvalue weighted by molar-refractivity contribution is -0.0553. The van der Waals surface area contributed by atoms with Gasteiger partial charge in [0.2, 0.25) is 5.28 Å². The Hall–Kier alpha value is -0.870. The first-order valence-electron chi connectivity index (χ1n) is 5.86. The van der Waals surface area contributed by atoms with Crippen LogP contribution in [0.3, 0.4) is 0 Å². The fraction of sp³-hybridized carbons (Fsp3) is 0.667. The summed E-state index contributed by atoms with van der Waals surface area (Å²) in [7, 11) is 0. The SMILES string of the molecule is Cc1cnc(Cl)nc1NC1CCOC(C)(C)C1. The van der Waals surface area contributed by atoms with Crippen LogP contribution in [0, 0.1) is 6.92 Å². The molecule has 0 amide bonds. The van der Waals surface area contributed by atoms with Crippen LogP contribution in [0.5, 0.6) is 0 Å². The predicted octanol–water partition coefficient (Wildman–Crippen LogP) is 2.81. The fourth-order valence-electron chi connectivity index (χ4n) is 2.12. The van der Waals surface area contributed by atoms with Crippen LogP contribution in [-0.4, -0.2) is 28.2 Å². The van der Waals surface area contributed by atoms with Crippen LogP contribution in [-0.2, 0) is 4.74 Å². The van der Waals surface area contributed by atoms with Gasteiger partial charge in [-0.1, -0.05) is 0 Å². The average molecular weight is 256 g/mol. The lowest BCUT2D eigenvalue weighted by Crippen LogP contribution is -2.40. The van der Waals surface area contributed by atoms with Crippen molar-refractivity contribution in [2.75, 3.05) is 11.9 Å². The maximum Gasteiger partial charge on any atom is 0.224 e. The van der Waals surface area contributed by atoms with Crippen molar-refractivity contribution in [2.24, 2.45) is 0 Å². The fourth-order valence-corrected chi connectivity index (χ4v) is 2.25. The zero-order chi connectivity index (χ0) is 12.5. The monoisotopic (exact) mass is 255 g/mol. The number of nitrogens with zero attached hydrogens (tertiary/aromatic N) is 2. The topological polar surface area (TPSA) is 47.0 Å². The maximum atomic E-state index is 5.80. The van der Waals surface area contributed by atoms with Gasteiger partial charge in [0.05, 0.1) is 5.60 Å². The molecule has 0 radical (unpaired) electrons. The summed E-state index contributed by atoms with van der Waals surface area (Å²) >= 11 is 5.80. The number of aryl methyl sites for hydroxylation is 1. The Morgan fingerprint density at radius 2 is 2.29 bits per heavy atom. The average Bonchev–Trinajstić information content (AvgIpc) is 2.22. The van der Waals surface area contributed by atoms with Crippen LogP contribution in [0.1, 0.15) is 32.3 Å². The Labute approximate surface area is 107 Å². The molecule has 5 heteroatoms. The molecular weight excluding hydrogens is 238 g/mol. The predicted molar refractivity (Wildman–Crippen MR) is 68.5 cm³/mol. The third-order valence-electron chi connectivity index (χ3n) is 2.98. The molecule has 2 heterocycles. The molecule has 4 nitrogen and oxygen atoms in total. The molecule has 1 unspecified atom stereocenters. The molecule has 1 saturated heterocycles. The van der Waals surface area contributed by atoms with Crippen molar-refractivity contribution in [1.82, 2.24) is 9.97 Å². The van der Waals surface area contributed by atoms with E-state index < -0.39 is 0 Å². The number of anilines is 1. The number of nitrogens with one attached hydrogen (secondary N) is 1. The van der Waals surface area contributed by atoms with Crippen molar-refractivity contribution in [2.45, 2.75) is 45.3 Å². The highest BCUT2D eigenvalue weighted by molar-refractivity contribution is 6.28. The standard InChI is InChI=1S/C12H18ClN3O/c1-8-7-14-11(13)16-10(8)15-9-4-5-17-12(2,3)6-9/h7,9H,4-6H2,1-3H3,(H,14,15,16). The van der Waals surface area contributed by atoms with E-state index in [0.717, 1.165) is 30.8 Å². The number of rotatable bonds is 2. The molecule has 0 aromatic carbocycles. The first-order valence-corrected chi connectivity index (χ1v) is 6.24. The molecule has 1 aromatic rings. The second kappa shape index (κ2) is 4.78. The Morgan fingerprint density at radius 1 is 1.53 bits per heavy atom. The summed E-state index contributed by atoms with van der Waals surface area (Å²) in [5, 5.41) is 3.71. The molecule has 1 fully saturated rings. The minimum Gasteiger partial charge on any atom is -0.375 e.